The Hall–Kier alpha value is 0.270. The fourth-order valence-electron chi connectivity index (χ4n) is 0.418. The summed E-state index contributed by atoms with van der Waals surface area (Å²) in [5.74, 6) is 0. The minimum atomic E-state index is -3.70. The van der Waals surface area contributed by atoms with E-state index in [0.29, 0.717) is 0 Å². The van der Waals surface area contributed by atoms with Gasteiger partial charge in [-0.1, -0.05) is 0 Å². The van der Waals surface area contributed by atoms with Crippen LogP contribution in [0.5, 0.6) is 0 Å². The van der Waals surface area contributed by atoms with Gasteiger partial charge in [-0.25, -0.2) is 0 Å². The molecule has 0 saturated heterocycles. The van der Waals surface area contributed by atoms with E-state index in [4.69, 9.17) is 9.79 Å². The van der Waals surface area contributed by atoms with Gasteiger partial charge in [-0.15, -0.1) is 0 Å². The van der Waals surface area contributed by atoms with Crippen molar-refractivity contribution in [3.05, 3.63) is 0 Å². The summed E-state index contributed by atoms with van der Waals surface area (Å²) in [4.78, 5) is 17.5. The van der Waals surface area contributed by atoms with Crippen molar-refractivity contribution in [2.24, 2.45) is 0 Å². The first kappa shape index (κ1) is 9.27. The van der Waals surface area contributed by atoms with Crippen molar-refractivity contribution >= 4 is 8.17 Å². The molecule has 4 nitrogen and oxygen atoms in total. The molecule has 0 atom stereocenters. The van der Waals surface area contributed by atoms with Crippen LogP contribution in [0.3, 0.4) is 0 Å². The Morgan fingerprint density at radius 3 is 1.67 bits per heavy atom. The van der Waals surface area contributed by atoms with Crippen LogP contribution in [0.4, 0.5) is 0 Å². The molecule has 0 aromatic carbocycles. The van der Waals surface area contributed by atoms with Gasteiger partial charge in [0.05, 0.1) is 0 Å². The zero-order valence-corrected chi connectivity index (χ0v) is 6.63. The molecular weight excluding hydrogens is 143 g/mol. The van der Waals surface area contributed by atoms with E-state index in [-0.39, 0.29) is 13.2 Å². The first-order chi connectivity index (χ1) is 4.12. The predicted molar refractivity (Wildman–Crippen MR) is 36.0 cm³/mol. The van der Waals surface area contributed by atoms with Gasteiger partial charge in [-0.2, -0.15) is 0 Å². The van der Waals surface area contributed by atoms with E-state index < -0.39 is 8.17 Å². The molecule has 58 valence electrons. The van der Waals surface area contributed by atoms with Crippen LogP contribution in [0.2, 0.25) is 0 Å². The summed E-state index contributed by atoms with van der Waals surface area (Å²) in [6.45, 7) is 3.87. The third kappa shape index (κ3) is 4.75. The molecule has 0 saturated carbocycles. The topological polar surface area (TPSA) is 58.9 Å². The predicted octanol–water partition coefficient (Wildman–Crippen LogP) is 0.454. The summed E-state index contributed by atoms with van der Waals surface area (Å²) < 4.78 is 8.99. The molecule has 0 aromatic rings. The maximum atomic E-state index is 8.76. The Morgan fingerprint density at radius 1 is 1.11 bits per heavy atom. The molecular formula is C4H13O4P. The zero-order chi connectivity index (χ0) is 7.33. The van der Waals surface area contributed by atoms with Crippen molar-refractivity contribution in [3.8, 4) is 0 Å². The van der Waals surface area contributed by atoms with Crippen LogP contribution < -0.4 is 0 Å². The first-order valence-electron chi connectivity index (χ1n) is 2.85. The van der Waals surface area contributed by atoms with Crippen molar-refractivity contribution in [3.63, 3.8) is 0 Å². The third-order valence-electron chi connectivity index (χ3n) is 0.665. The normalized spacial score (nSPS) is 13.8. The van der Waals surface area contributed by atoms with Gasteiger partial charge < -0.3 is 0 Å². The van der Waals surface area contributed by atoms with Crippen LogP contribution in [0, 0.1) is 0 Å². The van der Waals surface area contributed by atoms with Gasteiger partial charge in [0.25, 0.3) is 0 Å². The fraction of sp³-hybridized carbons (Fsp3) is 1.00. The average Bonchev–Trinajstić information content (AvgIpc) is 1.64. The zero-order valence-electron chi connectivity index (χ0n) is 5.63. The van der Waals surface area contributed by atoms with Gasteiger partial charge in [-0.3, -0.25) is 0 Å². The summed E-state index contributed by atoms with van der Waals surface area (Å²) >= 11 is 0. The molecule has 0 heterocycles. The molecule has 0 spiro atoms. The molecule has 0 aliphatic rings. The Kier molecular flexibility index (Phi) is 4.27. The summed E-state index contributed by atoms with van der Waals surface area (Å²) in [6.07, 6.45) is 0. The average molecular weight is 156 g/mol. The molecule has 0 aliphatic heterocycles. The molecule has 0 amide bonds. The molecule has 0 fully saturated rings. The summed E-state index contributed by atoms with van der Waals surface area (Å²) in [5.41, 5.74) is 0. The van der Waals surface area contributed by atoms with Gasteiger partial charge in [0.15, 0.2) is 0 Å². The summed E-state index contributed by atoms with van der Waals surface area (Å²) in [5, 5.41) is 0. The summed E-state index contributed by atoms with van der Waals surface area (Å²) in [6, 6.07) is 0. The van der Waals surface area contributed by atoms with Crippen molar-refractivity contribution in [2.75, 3.05) is 13.2 Å². The molecule has 2 N–H and O–H groups in total. The van der Waals surface area contributed by atoms with Crippen LogP contribution in [0.15, 0.2) is 0 Å². The van der Waals surface area contributed by atoms with Gasteiger partial charge in [0.2, 0.25) is 0 Å². The van der Waals surface area contributed by atoms with E-state index >= 15 is 0 Å². The van der Waals surface area contributed by atoms with Gasteiger partial charge >= 0.3 is 54.1 Å². The second-order valence-corrected chi connectivity index (χ2v) is 3.09. The van der Waals surface area contributed by atoms with Crippen molar-refractivity contribution in [2.45, 2.75) is 13.8 Å². The minimum absolute atomic E-state index is 0.263. The Morgan fingerprint density at radius 2 is 1.44 bits per heavy atom. The van der Waals surface area contributed by atoms with Crippen LogP contribution in [0.1, 0.15) is 13.8 Å². The van der Waals surface area contributed by atoms with E-state index in [1.54, 1.807) is 13.8 Å². The van der Waals surface area contributed by atoms with Crippen molar-refractivity contribution in [1.29, 1.82) is 0 Å². The SMILES string of the molecule is CCO[PH](O)(O)OCC. The number of hydrogen-bond acceptors (Lipinski definition) is 4. The van der Waals surface area contributed by atoms with Crippen LogP contribution in [-0.2, 0) is 9.05 Å². The first-order valence-corrected chi connectivity index (χ1v) is 4.56. The number of rotatable bonds is 4. The third-order valence-corrected chi connectivity index (χ3v) is 1.99. The molecule has 9 heavy (non-hydrogen) atoms. The van der Waals surface area contributed by atoms with Crippen LogP contribution in [0.25, 0.3) is 0 Å². The molecule has 0 unspecified atom stereocenters. The van der Waals surface area contributed by atoms with Gasteiger partial charge in [-0.05, 0) is 0 Å². The molecule has 0 bridgehead atoms. The Bertz CT molecular complexity index is 67.0. The van der Waals surface area contributed by atoms with E-state index in [1.165, 1.54) is 0 Å². The second kappa shape index (κ2) is 4.14. The standard InChI is InChI=1S/C4H13O4P/c1-3-7-9(5,6)8-4-2/h5-6,9H,3-4H2,1-2H3. The van der Waals surface area contributed by atoms with Crippen LogP contribution in [-0.4, -0.2) is 23.0 Å². The molecule has 0 aliphatic carbocycles. The van der Waals surface area contributed by atoms with Crippen LogP contribution >= 0.6 is 8.17 Å². The monoisotopic (exact) mass is 156 g/mol. The molecule has 0 radical (unpaired) electrons. The molecule has 5 heteroatoms. The van der Waals surface area contributed by atoms with E-state index in [0.717, 1.165) is 0 Å². The van der Waals surface area contributed by atoms with E-state index in [9.17, 15) is 0 Å². The molecule has 0 aromatic heterocycles. The van der Waals surface area contributed by atoms with Gasteiger partial charge in [0.1, 0.15) is 0 Å². The van der Waals surface area contributed by atoms with Crippen molar-refractivity contribution in [1.82, 2.24) is 0 Å². The molecule has 0 rings (SSSR count). The number of hydrogen-bond donors (Lipinski definition) is 2. The quantitative estimate of drug-likeness (QED) is 0.580. The van der Waals surface area contributed by atoms with Gasteiger partial charge in [0, 0.05) is 0 Å². The second-order valence-electron chi connectivity index (χ2n) is 1.41. The van der Waals surface area contributed by atoms with E-state index in [2.05, 4.69) is 9.05 Å². The maximum absolute atomic E-state index is 8.76. The Balaban J connectivity index is 3.43. The fourth-order valence-corrected chi connectivity index (χ4v) is 1.25. The Labute approximate surface area is 55.1 Å². The van der Waals surface area contributed by atoms with E-state index in [1.807, 2.05) is 0 Å². The summed E-state index contributed by atoms with van der Waals surface area (Å²) in [7, 11) is -3.70. The van der Waals surface area contributed by atoms with Crippen molar-refractivity contribution < 1.29 is 18.8 Å².